The topological polar surface area (TPSA) is 36.9 Å². The molecule has 3 rings (SSSR count). The van der Waals surface area contributed by atoms with Crippen LogP contribution in [0.2, 0.25) is 0 Å². The molecular weight excluding hydrogens is 226 g/mol. The summed E-state index contributed by atoms with van der Waals surface area (Å²) in [6.45, 7) is 5.23. The fourth-order valence-electron chi connectivity index (χ4n) is 3.21. The molecule has 2 aliphatic heterocycles. The summed E-state index contributed by atoms with van der Waals surface area (Å²) in [7, 11) is 1.90. The lowest BCUT2D eigenvalue weighted by Gasteiger charge is -2.24. The fraction of sp³-hybridized carbons (Fsp3) is 0.929. The Bertz CT molecular complexity index is 319. The van der Waals surface area contributed by atoms with Gasteiger partial charge in [-0.05, 0) is 25.2 Å². The number of ether oxygens (including phenoxy) is 1. The number of nitrogens with zero attached hydrogens (tertiary/aromatic N) is 2. The van der Waals surface area contributed by atoms with Crippen molar-refractivity contribution in [2.75, 3.05) is 39.9 Å². The van der Waals surface area contributed by atoms with Crippen LogP contribution >= 0.6 is 0 Å². The van der Waals surface area contributed by atoms with Gasteiger partial charge in [0.05, 0.1) is 6.61 Å². The fourth-order valence-corrected chi connectivity index (χ4v) is 3.21. The van der Waals surface area contributed by atoms with Gasteiger partial charge in [0.1, 0.15) is 0 Å². The summed E-state index contributed by atoms with van der Waals surface area (Å²) >= 11 is 0. The average molecular weight is 251 g/mol. The smallest absolute Gasteiger partial charge is 0.193 e. The Balaban J connectivity index is 1.49. The standard InChI is InChI=1S/C14H25N3O/c1-15-13(16-7-4-12-2-3-12)17-8-5-14(10-17)6-9-18-11-14/h12H,2-11H2,1H3,(H,15,16). The SMILES string of the molecule is CN=C(NCCC1CC1)N1CCC2(CCOC2)C1. The summed E-state index contributed by atoms with van der Waals surface area (Å²) < 4.78 is 5.58. The van der Waals surface area contributed by atoms with E-state index in [0.29, 0.717) is 5.41 Å². The van der Waals surface area contributed by atoms with Crippen LogP contribution < -0.4 is 5.32 Å². The van der Waals surface area contributed by atoms with E-state index in [1.807, 2.05) is 7.05 Å². The normalized spacial score (nSPS) is 32.5. The molecule has 1 N–H and O–H groups in total. The van der Waals surface area contributed by atoms with Crippen molar-refractivity contribution in [2.24, 2.45) is 16.3 Å². The zero-order valence-electron chi connectivity index (χ0n) is 11.5. The predicted molar refractivity (Wildman–Crippen MR) is 72.8 cm³/mol. The molecule has 102 valence electrons. The highest BCUT2D eigenvalue weighted by Gasteiger charge is 2.42. The lowest BCUT2D eigenvalue weighted by Crippen LogP contribution is -2.41. The number of likely N-dealkylation sites (tertiary alicyclic amines) is 1. The molecule has 0 radical (unpaired) electrons. The molecule has 4 heteroatoms. The Morgan fingerprint density at radius 3 is 3.00 bits per heavy atom. The van der Waals surface area contributed by atoms with Crippen LogP contribution in [0, 0.1) is 11.3 Å². The molecule has 2 saturated heterocycles. The second-order valence-electron chi connectivity index (χ2n) is 6.18. The second-order valence-corrected chi connectivity index (χ2v) is 6.18. The van der Waals surface area contributed by atoms with Crippen molar-refractivity contribution in [1.29, 1.82) is 0 Å². The lowest BCUT2D eigenvalue weighted by atomic mass is 9.87. The molecule has 0 amide bonds. The summed E-state index contributed by atoms with van der Waals surface area (Å²) in [6, 6.07) is 0. The van der Waals surface area contributed by atoms with Crippen molar-refractivity contribution in [3.63, 3.8) is 0 Å². The third-order valence-corrected chi connectivity index (χ3v) is 4.67. The van der Waals surface area contributed by atoms with Crippen molar-refractivity contribution in [2.45, 2.75) is 32.1 Å². The van der Waals surface area contributed by atoms with Crippen LogP contribution in [0.25, 0.3) is 0 Å². The van der Waals surface area contributed by atoms with Crippen LogP contribution in [0.3, 0.4) is 0 Å². The highest BCUT2D eigenvalue weighted by atomic mass is 16.5. The Morgan fingerprint density at radius 1 is 1.44 bits per heavy atom. The van der Waals surface area contributed by atoms with E-state index in [9.17, 15) is 0 Å². The Hall–Kier alpha value is -0.770. The molecule has 0 aromatic carbocycles. The molecule has 2 heterocycles. The van der Waals surface area contributed by atoms with Crippen molar-refractivity contribution in [3.05, 3.63) is 0 Å². The van der Waals surface area contributed by atoms with E-state index in [-0.39, 0.29) is 0 Å². The van der Waals surface area contributed by atoms with Crippen molar-refractivity contribution in [3.8, 4) is 0 Å². The highest BCUT2D eigenvalue weighted by Crippen LogP contribution is 2.38. The van der Waals surface area contributed by atoms with Crippen LogP contribution in [-0.2, 0) is 4.74 Å². The minimum atomic E-state index is 0.425. The van der Waals surface area contributed by atoms with Crippen LogP contribution in [-0.4, -0.2) is 50.8 Å². The van der Waals surface area contributed by atoms with Gasteiger partial charge in [0, 0.05) is 38.7 Å². The maximum absolute atomic E-state index is 5.58. The van der Waals surface area contributed by atoms with Gasteiger partial charge in [0.15, 0.2) is 5.96 Å². The van der Waals surface area contributed by atoms with E-state index in [1.54, 1.807) is 0 Å². The van der Waals surface area contributed by atoms with E-state index >= 15 is 0 Å². The number of nitrogens with one attached hydrogen (secondary N) is 1. The van der Waals surface area contributed by atoms with E-state index < -0.39 is 0 Å². The van der Waals surface area contributed by atoms with Crippen LogP contribution in [0.5, 0.6) is 0 Å². The van der Waals surface area contributed by atoms with E-state index in [4.69, 9.17) is 4.74 Å². The van der Waals surface area contributed by atoms with Gasteiger partial charge in [-0.1, -0.05) is 12.8 Å². The zero-order valence-corrected chi connectivity index (χ0v) is 11.5. The maximum Gasteiger partial charge on any atom is 0.193 e. The van der Waals surface area contributed by atoms with Crippen LogP contribution in [0.15, 0.2) is 4.99 Å². The zero-order chi connectivity index (χ0) is 12.4. The first-order valence-electron chi connectivity index (χ1n) is 7.35. The van der Waals surface area contributed by atoms with Gasteiger partial charge < -0.3 is 15.0 Å². The molecule has 1 atom stereocenters. The molecule has 1 saturated carbocycles. The monoisotopic (exact) mass is 251 g/mol. The van der Waals surface area contributed by atoms with Gasteiger partial charge >= 0.3 is 0 Å². The molecule has 3 fully saturated rings. The Kier molecular flexibility index (Phi) is 3.46. The number of guanidine groups is 1. The predicted octanol–water partition coefficient (Wildman–Crippen LogP) is 1.47. The number of hydrogen-bond acceptors (Lipinski definition) is 2. The molecule has 4 nitrogen and oxygen atoms in total. The molecule has 3 aliphatic rings. The average Bonchev–Trinajstić information content (AvgIpc) is 2.95. The van der Waals surface area contributed by atoms with E-state index in [1.165, 1.54) is 32.1 Å². The minimum absolute atomic E-state index is 0.425. The molecular formula is C14H25N3O. The quantitative estimate of drug-likeness (QED) is 0.610. The minimum Gasteiger partial charge on any atom is -0.381 e. The van der Waals surface area contributed by atoms with Crippen LogP contribution in [0.4, 0.5) is 0 Å². The van der Waals surface area contributed by atoms with Crippen molar-refractivity contribution < 1.29 is 4.74 Å². The van der Waals surface area contributed by atoms with Crippen molar-refractivity contribution >= 4 is 5.96 Å². The van der Waals surface area contributed by atoms with E-state index in [0.717, 1.165) is 44.7 Å². The molecule has 1 spiro atoms. The van der Waals surface area contributed by atoms with Gasteiger partial charge in [0.25, 0.3) is 0 Å². The summed E-state index contributed by atoms with van der Waals surface area (Å²) in [6.07, 6.45) is 6.66. The van der Waals surface area contributed by atoms with Gasteiger partial charge in [-0.2, -0.15) is 0 Å². The third-order valence-electron chi connectivity index (χ3n) is 4.67. The Morgan fingerprint density at radius 2 is 2.33 bits per heavy atom. The summed E-state index contributed by atoms with van der Waals surface area (Å²) in [5, 5.41) is 3.52. The molecule has 1 aliphatic carbocycles. The number of hydrogen-bond donors (Lipinski definition) is 1. The highest BCUT2D eigenvalue weighted by molar-refractivity contribution is 5.80. The first kappa shape index (κ1) is 12.3. The first-order valence-corrected chi connectivity index (χ1v) is 7.35. The molecule has 0 bridgehead atoms. The summed E-state index contributed by atoms with van der Waals surface area (Å²) in [4.78, 5) is 6.85. The molecule has 0 aromatic heterocycles. The second kappa shape index (κ2) is 5.08. The largest absolute Gasteiger partial charge is 0.381 e. The first-order chi connectivity index (χ1) is 8.81. The maximum atomic E-state index is 5.58. The van der Waals surface area contributed by atoms with Crippen LogP contribution in [0.1, 0.15) is 32.1 Å². The van der Waals surface area contributed by atoms with Gasteiger partial charge in [-0.25, -0.2) is 0 Å². The number of aliphatic imine (C=N–C) groups is 1. The summed E-state index contributed by atoms with van der Waals surface area (Å²) in [5.41, 5.74) is 0.425. The Labute approximate surface area is 110 Å². The van der Waals surface area contributed by atoms with Crippen molar-refractivity contribution in [1.82, 2.24) is 10.2 Å². The lowest BCUT2D eigenvalue weighted by molar-refractivity contribution is 0.156. The number of rotatable bonds is 3. The molecule has 1 unspecified atom stereocenters. The van der Waals surface area contributed by atoms with Gasteiger partial charge in [-0.15, -0.1) is 0 Å². The molecule has 0 aromatic rings. The van der Waals surface area contributed by atoms with E-state index in [2.05, 4.69) is 15.2 Å². The van der Waals surface area contributed by atoms with Gasteiger partial charge in [-0.3, -0.25) is 4.99 Å². The third kappa shape index (κ3) is 2.63. The van der Waals surface area contributed by atoms with Gasteiger partial charge in [0.2, 0.25) is 0 Å². The molecule has 18 heavy (non-hydrogen) atoms. The summed E-state index contributed by atoms with van der Waals surface area (Å²) in [5.74, 6) is 2.09.